The molecule has 0 spiro atoms. The van der Waals surface area contributed by atoms with E-state index in [4.69, 9.17) is 37.4 Å². The summed E-state index contributed by atoms with van der Waals surface area (Å²) in [4.78, 5) is 4.84. The van der Waals surface area contributed by atoms with E-state index >= 15 is 0 Å². The number of rotatable bonds is 6. The molecule has 3 fully saturated rings. The van der Waals surface area contributed by atoms with E-state index in [1.54, 1.807) is 6.07 Å². The number of nitrogens with zero attached hydrogens (tertiary/aromatic N) is 3. The first-order chi connectivity index (χ1) is 18.9. The van der Waals surface area contributed by atoms with E-state index in [0.29, 0.717) is 45.3 Å². The summed E-state index contributed by atoms with van der Waals surface area (Å²) >= 11 is 14.6. The van der Waals surface area contributed by atoms with Gasteiger partial charge in [-0.3, -0.25) is 0 Å². The molecular weight excluding hydrogens is 553 g/mol. The van der Waals surface area contributed by atoms with Gasteiger partial charge in [-0.15, -0.1) is 11.3 Å². The zero-order valence-electron chi connectivity index (χ0n) is 21.4. The topological polar surface area (TPSA) is 92.2 Å². The molecule has 9 heteroatoms. The van der Waals surface area contributed by atoms with Gasteiger partial charge in [0, 0.05) is 17.0 Å². The number of fused-ring (bicyclic) bond motifs is 3. The minimum absolute atomic E-state index is 0.00122. The number of nitriles is 1. The first kappa shape index (κ1) is 25.5. The van der Waals surface area contributed by atoms with Crippen molar-refractivity contribution in [3.63, 3.8) is 0 Å². The summed E-state index contributed by atoms with van der Waals surface area (Å²) in [6.45, 7) is 2.59. The van der Waals surface area contributed by atoms with E-state index in [9.17, 15) is 10.4 Å². The Balaban J connectivity index is 1.15. The Morgan fingerprint density at radius 3 is 2.69 bits per heavy atom. The number of ether oxygens (including phenoxy) is 1. The number of halogens is 2. The van der Waals surface area contributed by atoms with Gasteiger partial charge in [-0.2, -0.15) is 5.26 Å². The maximum absolute atomic E-state index is 12.2. The Bertz CT molecular complexity index is 1600. The molecule has 2 bridgehead atoms. The third kappa shape index (κ3) is 4.20. The predicted molar refractivity (Wildman–Crippen MR) is 151 cm³/mol. The van der Waals surface area contributed by atoms with Crippen LogP contribution in [0.25, 0.3) is 21.5 Å². The molecule has 1 N–H and O–H groups in total. The second kappa shape index (κ2) is 9.57. The van der Waals surface area contributed by atoms with Crippen LogP contribution < -0.4 is 0 Å². The van der Waals surface area contributed by atoms with Gasteiger partial charge in [0.05, 0.1) is 44.6 Å². The fraction of sp³-hybridized carbons (Fsp3) is 0.433. The van der Waals surface area contributed by atoms with E-state index in [1.165, 1.54) is 11.3 Å². The number of aliphatic hydroxyl groups is 1. The smallest absolute Gasteiger partial charge is 0.145 e. The van der Waals surface area contributed by atoms with Crippen molar-refractivity contribution < 1.29 is 14.4 Å². The molecule has 2 aromatic heterocycles. The van der Waals surface area contributed by atoms with Gasteiger partial charge in [-0.05, 0) is 80.2 Å². The zero-order valence-corrected chi connectivity index (χ0v) is 23.7. The minimum atomic E-state index is -0.984. The third-order valence-electron chi connectivity index (χ3n) is 8.88. The molecular formula is C30H27Cl2N3O3S. The molecule has 0 saturated heterocycles. The average molecular weight is 581 g/mol. The Labute approximate surface area is 240 Å². The van der Waals surface area contributed by atoms with Crippen molar-refractivity contribution in [1.29, 1.82) is 5.26 Å². The first-order valence-corrected chi connectivity index (χ1v) is 15.0. The normalized spacial score (nSPS) is 28.2. The van der Waals surface area contributed by atoms with E-state index in [-0.39, 0.29) is 17.9 Å². The van der Waals surface area contributed by atoms with Crippen molar-refractivity contribution in [2.75, 3.05) is 0 Å². The monoisotopic (exact) mass is 579 g/mol. The summed E-state index contributed by atoms with van der Waals surface area (Å²) in [6, 6.07) is 13.1. The molecule has 39 heavy (non-hydrogen) atoms. The molecule has 6 nitrogen and oxygen atoms in total. The van der Waals surface area contributed by atoms with Gasteiger partial charge in [0.1, 0.15) is 22.1 Å². The van der Waals surface area contributed by atoms with Crippen LogP contribution in [0.1, 0.15) is 66.8 Å². The highest BCUT2D eigenvalue weighted by atomic mass is 35.5. The summed E-state index contributed by atoms with van der Waals surface area (Å²) in [5, 5.41) is 27.7. The summed E-state index contributed by atoms with van der Waals surface area (Å²) in [7, 11) is 0. The van der Waals surface area contributed by atoms with Crippen LogP contribution >= 0.6 is 34.5 Å². The lowest BCUT2D eigenvalue weighted by Crippen LogP contribution is -2.45. The largest absolute Gasteiger partial charge is 0.382 e. The van der Waals surface area contributed by atoms with Crippen molar-refractivity contribution in [3.8, 4) is 17.3 Å². The lowest BCUT2D eigenvalue weighted by Gasteiger charge is -2.41. The van der Waals surface area contributed by atoms with Crippen LogP contribution in [0.2, 0.25) is 10.0 Å². The van der Waals surface area contributed by atoms with Crippen LogP contribution in [0.15, 0.2) is 40.9 Å². The molecule has 7 rings (SSSR count). The summed E-state index contributed by atoms with van der Waals surface area (Å²) in [5.41, 5.74) is 2.71. The molecule has 200 valence electrons. The van der Waals surface area contributed by atoms with E-state index in [0.717, 1.165) is 58.7 Å². The maximum Gasteiger partial charge on any atom is 0.145 e. The van der Waals surface area contributed by atoms with E-state index < -0.39 is 5.60 Å². The number of hydrogen-bond donors (Lipinski definition) is 1. The minimum Gasteiger partial charge on any atom is -0.382 e. The highest BCUT2D eigenvalue weighted by molar-refractivity contribution is 7.18. The molecule has 2 aromatic carbocycles. The third-order valence-corrected chi connectivity index (χ3v) is 10.7. The molecule has 0 radical (unpaired) electrons. The molecule has 3 aliphatic rings. The Morgan fingerprint density at radius 1 is 1.18 bits per heavy atom. The quantitative estimate of drug-likeness (QED) is 0.250. The number of hydrogen-bond acceptors (Lipinski definition) is 7. The highest BCUT2D eigenvalue weighted by Gasteiger charge is 2.59. The molecule has 5 atom stereocenters. The molecule has 2 heterocycles. The van der Waals surface area contributed by atoms with Crippen molar-refractivity contribution >= 4 is 44.8 Å². The summed E-state index contributed by atoms with van der Waals surface area (Å²) < 4.78 is 13.3. The molecule has 0 amide bonds. The Hall–Kier alpha value is -2.47. The van der Waals surface area contributed by atoms with Gasteiger partial charge in [0.2, 0.25) is 0 Å². The van der Waals surface area contributed by atoms with E-state index in [2.05, 4.69) is 18.1 Å². The Morgan fingerprint density at radius 2 is 1.97 bits per heavy atom. The number of thiazole rings is 1. The second-order valence-electron chi connectivity index (χ2n) is 11.3. The van der Waals surface area contributed by atoms with Gasteiger partial charge in [-0.1, -0.05) is 41.3 Å². The van der Waals surface area contributed by atoms with Crippen molar-refractivity contribution in [3.05, 3.63) is 68.3 Å². The number of benzene rings is 2. The van der Waals surface area contributed by atoms with Gasteiger partial charge < -0.3 is 14.4 Å². The Kier molecular flexibility index (Phi) is 6.26. The van der Waals surface area contributed by atoms with Crippen molar-refractivity contribution in [1.82, 2.24) is 10.1 Å². The fourth-order valence-electron chi connectivity index (χ4n) is 6.80. The van der Waals surface area contributed by atoms with Crippen LogP contribution in [0, 0.1) is 29.1 Å². The molecule has 3 aliphatic carbocycles. The molecule has 4 aromatic rings. The fourth-order valence-corrected chi connectivity index (χ4v) is 8.61. The molecule has 3 saturated carbocycles. The van der Waals surface area contributed by atoms with Gasteiger partial charge in [0.15, 0.2) is 0 Å². The predicted octanol–water partition coefficient (Wildman–Crippen LogP) is 7.85. The molecule has 2 unspecified atom stereocenters. The van der Waals surface area contributed by atoms with Gasteiger partial charge >= 0.3 is 0 Å². The molecule has 0 aliphatic heterocycles. The first-order valence-electron chi connectivity index (χ1n) is 13.4. The van der Waals surface area contributed by atoms with E-state index in [1.807, 2.05) is 30.3 Å². The zero-order chi connectivity index (χ0) is 26.9. The van der Waals surface area contributed by atoms with Crippen LogP contribution in [0.4, 0.5) is 0 Å². The van der Waals surface area contributed by atoms with Gasteiger partial charge in [0.25, 0.3) is 0 Å². The lowest BCUT2D eigenvalue weighted by atomic mass is 9.72. The standard InChI is InChI=1S/C30H27Cl2N3O3S/c1-15-9-18-11-19(12-21(15)30(18,36)29-34-24-8-5-16(13-33)10-25(24)39-29)37-14-20-27(35-38-28(20)17-6-7-17)26-22(31)3-2-4-23(26)32/h2-5,8,10,15,17-19,21,36H,6-7,9,11-12,14H2,1H3/t15?,18-,19-,21?,30+/m1/s1. The SMILES string of the molecule is CC1C[C@@H]2C[C@@H](OCc3c(-c4c(Cl)cccc4Cl)noc3C3CC3)CC1[C@]2(O)c1nc2ccc(C#N)cc2s1. The second-order valence-corrected chi connectivity index (χ2v) is 13.1. The summed E-state index contributed by atoms with van der Waals surface area (Å²) in [5.74, 6) is 1.68. The number of aromatic nitrogens is 2. The highest BCUT2D eigenvalue weighted by Crippen LogP contribution is 2.59. The van der Waals surface area contributed by atoms with Crippen molar-refractivity contribution in [2.45, 2.75) is 63.3 Å². The summed E-state index contributed by atoms with van der Waals surface area (Å²) in [6.07, 6.45) is 4.59. The maximum atomic E-state index is 12.2. The van der Waals surface area contributed by atoms with Crippen LogP contribution in [-0.4, -0.2) is 21.4 Å². The average Bonchev–Trinajstić information content (AvgIpc) is 3.52. The van der Waals surface area contributed by atoms with Gasteiger partial charge in [-0.25, -0.2) is 4.98 Å². The van der Waals surface area contributed by atoms with Crippen molar-refractivity contribution in [2.24, 2.45) is 17.8 Å². The van der Waals surface area contributed by atoms with Crippen LogP contribution in [0.5, 0.6) is 0 Å². The van der Waals surface area contributed by atoms with Crippen LogP contribution in [0.3, 0.4) is 0 Å². The van der Waals surface area contributed by atoms with Crippen LogP contribution in [-0.2, 0) is 16.9 Å². The lowest BCUT2D eigenvalue weighted by molar-refractivity contribution is -0.120.